The molecule has 0 aromatic rings. The third kappa shape index (κ3) is 58.2. The Hall–Kier alpha value is -1.94. The Morgan fingerprint density at radius 1 is 0.329 bits per heavy atom. The Balaban J connectivity index is 5.24. The minimum atomic E-state index is -4.95. The SMILES string of the molecule is CCC(C)CCCCCCCCCCCCC(=O)OC[C@H](COP(=O)(O)OCC(O)COP(=O)(O)OC[C@@H](COC(=O)CCCCCCCCCCC(C)C)OC(=O)CCCCCCCCC(C)CC)OC(=O)CCCCCCCCCC(C)C. The minimum Gasteiger partial charge on any atom is -0.462 e. The molecule has 0 saturated carbocycles. The molecule has 504 valence electrons. The van der Waals surface area contributed by atoms with E-state index in [1.54, 1.807) is 0 Å². The summed E-state index contributed by atoms with van der Waals surface area (Å²) in [5.41, 5.74) is 0. The van der Waals surface area contributed by atoms with E-state index in [0.717, 1.165) is 108 Å². The smallest absolute Gasteiger partial charge is 0.462 e. The number of phosphoric ester groups is 2. The molecule has 0 heterocycles. The zero-order valence-electron chi connectivity index (χ0n) is 55.2. The minimum absolute atomic E-state index is 0.102. The highest BCUT2D eigenvalue weighted by molar-refractivity contribution is 7.47. The summed E-state index contributed by atoms with van der Waals surface area (Å²) in [7, 11) is -9.89. The number of ether oxygens (including phenoxy) is 4. The highest BCUT2D eigenvalue weighted by Gasteiger charge is 2.30. The Labute approximate surface area is 517 Å². The quantitative estimate of drug-likeness (QED) is 0.0222. The van der Waals surface area contributed by atoms with Crippen LogP contribution in [-0.2, 0) is 65.4 Å². The van der Waals surface area contributed by atoms with E-state index in [0.29, 0.717) is 31.6 Å². The van der Waals surface area contributed by atoms with Gasteiger partial charge in [-0.2, -0.15) is 0 Å². The van der Waals surface area contributed by atoms with E-state index in [2.05, 4.69) is 55.4 Å². The van der Waals surface area contributed by atoms with Crippen molar-refractivity contribution < 1.29 is 80.2 Å². The van der Waals surface area contributed by atoms with Crippen LogP contribution in [0.1, 0.15) is 319 Å². The molecule has 7 atom stereocenters. The van der Waals surface area contributed by atoms with E-state index in [4.69, 9.17) is 37.0 Å². The van der Waals surface area contributed by atoms with Gasteiger partial charge < -0.3 is 33.8 Å². The van der Waals surface area contributed by atoms with Crippen molar-refractivity contribution in [3.05, 3.63) is 0 Å². The molecule has 3 N–H and O–H groups in total. The summed E-state index contributed by atoms with van der Waals surface area (Å²) in [6.45, 7) is 14.0. The summed E-state index contributed by atoms with van der Waals surface area (Å²) in [4.78, 5) is 72.3. The van der Waals surface area contributed by atoms with Crippen LogP contribution in [0.3, 0.4) is 0 Å². The number of unbranched alkanes of at least 4 members (excludes halogenated alkanes) is 27. The zero-order chi connectivity index (χ0) is 63.2. The van der Waals surface area contributed by atoms with E-state index in [-0.39, 0.29) is 25.7 Å². The molecule has 0 aliphatic heterocycles. The third-order valence-corrected chi connectivity index (χ3v) is 17.7. The van der Waals surface area contributed by atoms with Gasteiger partial charge in [0.1, 0.15) is 19.3 Å². The molecule has 0 rings (SSSR count). The molecule has 0 saturated heterocycles. The van der Waals surface area contributed by atoms with Crippen LogP contribution in [0, 0.1) is 23.7 Å². The lowest BCUT2D eigenvalue weighted by atomic mass is 9.99. The van der Waals surface area contributed by atoms with Crippen molar-refractivity contribution in [3.8, 4) is 0 Å². The van der Waals surface area contributed by atoms with Gasteiger partial charge in [-0.3, -0.25) is 37.3 Å². The molecule has 0 aliphatic rings. The molecule has 85 heavy (non-hydrogen) atoms. The van der Waals surface area contributed by atoms with Crippen molar-refractivity contribution in [2.24, 2.45) is 23.7 Å². The van der Waals surface area contributed by atoms with Gasteiger partial charge in [0.15, 0.2) is 12.2 Å². The predicted molar refractivity (Wildman–Crippen MR) is 340 cm³/mol. The van der Waals surface area contributed by atoms with E-state index >= 15 is 0 Å². The van der Waals surface area contributed by atoms with Gasteiger partial charge >= 0.3 is 39.5 Å². The maximum Gasteiger partial charge on any atom is 0.472 e. The number of phosphoric acid groups is 2. The molecule has 0 amide bonds. The molecular weight excluding hydrogens is 1130 g/mol. The molecule has 0 radical (unpaired) electrons. The molecule has 0 aliphatic carbocycles. The molecule has 17 nitrogen and oxygen atoms in total. The number of carbonyl (C=O) groups is 4. The second-order valence-corrected chi connectivity index (χ2v) is 28.2. The lowest BCUT2D eigenvalue weighted by Crippen LogP contribution is -2.30. The lowest BCUT2D eigenvalue weighted by molar-refractivity contribution is -0.161. The van der Waals surface area contributed by atoms with Gasteiger partial charge in [0, 0.05) is 25.7 Å². The Bertz CT molecular complexity index is 1700. The van der Waals surface area contributed by atoms with Crippen molar-refractivity contribution >= 4 is 39.5 Å². The summed E-state index contributed by atoms with van der Waals surface area (Å²) in [5.74, 6) is 0.812. The Kier molecular flexibility index (Phi) is 54.8. The van der Waals surface area contributed by atoms with Crippen LogP contribution in [0.4, 0.5) is 0 Å². The molecule has 0 spiro atoms. The number of carbonyl (C=O) groups excluding carboxylic acids is 4. The molecule has 0 fully saturated rings. The van der Waals surface area contributed by atoms with Crippen molar-refractivity contribution in [2.45, 2.75) is 337 Å². The first-order valence-corrected chi connectivity index (χ1v) is 37.3. The zero-order valence-corrected chi connectivity index (χ0v) is 57.0. The highest BCUT2D eigenvalue weighted by atomic mass is 31.2. The van der Waals surface area contributed by atoms with Crippen molar-refractivity contribution in [2.75, 3.05) is 39.6 Å². The van der Waals surface area contributed by atoms with Gasteiger partial charge in [0.25, 0.3) is 0 Å². The number of hydrogen-bond acceptors (Lipinski definition) is 15. The van der Waals surface area contributed by atoms with Crippen LogP contribution in [0.2, 0.25) is 0 Å². The summed E-state index contributed by atoms with van der Waals surface area (Å²) < 4.78 is 68.1. The maximum absolute atomic E-state index is 13.0. The second kappa shape index (κ2) is 56.1. The van der Waals surface area contributed by atoms with Crippen LogP contribution < -0.4 is 0 Å². The fourth-order valence-corrected chi connectivity index (χ4v) is 11.3. The van der Waals surface area contributed by atoms with Gasteiger partial charge in [0.2, 0.25) is 0 Å². The normalized spacial score (nSPS) is 15.0. The summed E-state index contributed by atoms with van der Waals surface area (Å²) in [6, 6.07) is 0. The molecule has 0 aromatic carbocycles. The Morgan fingerprint density at radius 2 is 0.565 bits per heavy atom. The largest absolute Gasteiger partial charge is 0.472 e. The summed E-state index contributed by atoms with van der Waals surface area (Å²) >= 11 is 0. The monoisotopic (exact) mass is 1250 g/mol. The lowest BCUT2D eigenvalue weighted by Gasteiger charge is -2.21. The number of rotatable bonds is 63. The molecule has 5 unspecified atom stereocenters. The first-order valence-electron chi connectivity index (χ1n) is 34.3. The van der Waals surface area contributed by atoms with Crippen molar-refractivity contribution in [3.63, 3.8) is 0 Å². The molecular formula is C66H128O17P2. The summed E-state index contributed by atoms with van der Waals surface area (Å²) in [6.07, 6.45) is 36.3. The van der Waals surface area contributed by atoms with Gasteiger partial charge in [-0.05, 0) is 49.4 Å². The first-order chi connectivity index (χ1) is 40.7. The van der Waals surface area contributed by atoms with Crippen LogP contribution in [-0.4, -0.2) is 96.7 Å². The van der Waals surface area contributed by atoms with Gasteiger partial charge in [-0.1, -0.05) is 267 Å². The third-order valence-electron chi connectivity index (χ3n) is 15.8. The number of aliphatic hydroxyl groups is 1. The van der Waals surface area contributed by atoms with Crippen LogP contribution in [0.25, 0.3) is 0 Å². The van der Waals surface area contributed by atoms with Crippen molar-refractivity contribution in [1.29, 1.82) is 0 Å². The van der Waals surface area contributed by atoms with E-state index in [9.17, 15) is 43.2 Å². The maximum atomic E-state index is 13.0. The van der Waals surface area contributed by atoms with Crippen LogP contribution >= 0.6 is 15.6 Å². The average Bonchev–Trinajstić information content (AvgIpc) is 3.54. The number of hydrogen-bond donors (Lipinski definition) is 3. The fraction of sp³-hybridized carbons (Fsp3) is 0.939. The summed E-state index contributed by atoms with van der Waals surface area (Å²) in [5, 5.41) is 10.5. The predicted octanol–water partition coefficient (Wildman–Crippen LogP) is 18.1. The van der Waals surface area contributed by atoms with Crippen LogP contribution in [0.15, 0.2) is 0 Å². The van der Waals surface area contributed by atoms with Gasteiger partial charge in [0.05, 0.1) is 26.4 Å². The standard InChI is InChI=1S/C66H128O17P2/c1-9-58(7)44-36-28-20-13-11-12-14-21-30-38-46-63(68)76-52-61(82-65(70)48-40-32-23-17-19-27-35-43-57(5)6)54-80-84(72,73)78-50-60(67)51-79-85(74,75)81-55-62(83-66(71)49-41-33-25-24-29-37-45-59(8)10-2)53-77-64(69)47-39-31-22-16-15-18-26-34-42-56(3)4/h56-62,67H,9-55H2,1-8H3,(H,72,73)(H,74,75)/t58?,59?,60?,61-,62-/m1/s1. The highest BCUT2D eigenvalue weighted by Crippen LogP contribution is 2.45. The van der Waals surface area contributed by atoms with E-state index in [1.165, 1.54) is 122 Å². The topological polar surface area (TPSA) is 237 Å². The average molecular weight is 1260 g/mol. The second-order valence-electron chi connectivity index (χ2n) is 25.3. The van der Waals surface area contributed by atoms with Gasteiger partial charge in [-0.15, -0.1) is 0 Å². The fourth-order valence-electron chi connectivity index (χ4n) is 9.72. The van der Waals surface area contributed by atoms with E-state index < -0.39 is 97.5 Å². The van der Waals surface area contributed by atoms with Gasteiger partial charge in [-0.25, -0.2) is 9.13 Å². The molecule has 19 heteroatoms. The molecule has 0 bridgehead atoms. The van der Waals surface area contributed by atoms with Crippen molar-refractivity contribution in [1.82, 2.24) is 0 Å². The first kappa shape index (κ1) is 83.1. The number of aliphatic hydroxyl groups excluding tert-OH is 1. The van der Waals surface area contributed by atoms with E-state index in [1.807, 2.05) is 0 Å². The number of esters is 4. The van der Waals surface area contributed by atoms with Crippen LogP contribution in [0.5, 0.6) is 0 Å². The Morgan fingerprint density at radius 3 is 0.835 bits per heavy atom. The molecule has 0 aromatic heterocycles.